The van der Waals surface area contributed by atoms with Crippen LogP contribution in [0, 0.1) is 0 Å². The number of hydrogen-bond acceptors (Lipinski definition) is 2. The molecular formula is C13H14F3NO. The second-order valence-corrected chi connectivity index (χ2v) is 4.68. The van der Waals surface area contributed by atoms with Gasteiger partial charge in [-0.15, -0.1) is 0 Å². The van der Waals surface area contributed by atoms with E-state index in [4.69, 9.17) is 5.73 Å². The molecule has 2 N–H and O–H groups in total. The highest BCUT2D eigenvalue weighted by Crippen LogP contribution is 2.34. The van der Waals surface area contributed by atoms with Crippen LogP contribution < -0.4 is 5.73 Å². The number of rotatable bonds is 1. The van der Waals surface area contributed by atoms with Crippen LogP contribution in [0.25, 0.3) is 0 Å². The molecular weight excluding hydrogens is 243 g/mol. The van der Waals surface area contributed by atoms with Gasteiger partial charge in [-0.1, -0.05) is 18.6 Å². The van der Waals surface area contributed by atoms with E-state index in [-0.39, 0.29) is 5.78 Å². The molecule has 1 saturated carbocycles. The van der Waals surface area contributed by atoms with Gasteiger partial charge in [-0.25, -0.2) is 0 Å². The molecule has 0 aliphatic heterocycles. The van der Waals surface area contributed by atoms with Crippen molar-refractivity contribution in [1.82, 2.24) is 0 Å². The summed E-state index contributed by atoms with van der Waals surface area (Å²) < 4.78 is 37.3. The van der Waals surface area contributed by atoms with Crippen molar-refractivity contribution in [2.45, 2.75) is 37.4 Å². The molecule has 18 heavy (non-hydrogen) atoms. The van der Waals surface area contributed by atoms with Crippen molar-refractivity contribution in [2.75, 3.05) is 0 Å². The van der Waals surface area contributed by atoms with Gasteiger partial charge in [0.15, 0.2) is 5.78 Å². The molecule has 0 amide bonds. The number of ketones is 1. The Balaban J connectivity index is 2.31. The molecule has 1 aliphatic carbocycles. The minimum absolute atomic E-state index is 0.0893. The fourth-order valence-corrected chi connectivity index (χ4v) is 2.31. The lowest BCUT2D eigenvalue weighted by Crippen LogP contribution is -2.46. The molecule has 0 aromatic heterocycles. The summed E-state index contributed by atoms with van der Waals surface area (Å²) in [4.78, 5) is 11.9. The SMILES string of the molecule is NC1(c2ccc(C(F)(F)F)cc2)CCCCC1=O. The van der Waals surface area contributed by atoms with Crippen LogP contribution in [0.4, 0.5) is 13.2 Å². The van der Waals surface area contributed by atoms with Gasteiger partial charge in [0.25, 0.3) is 0 Å². The highest BCUT2D eigenvalue weighted by Gasteiger charge is 2.38. The third kappa shape index (κ3) is 2.27. The van der Waals surface area contributed by atoms with E-state index in [0.29, 0.717) is 18.4 Å². The summed E-state index contributed by atoms with van der Waals surface area (Å²) in [5, 5.41) is 0. The van der Waals surface area contributed by atoms with Crippen LogP contribution in [0.1, 0.15) is 36.8 Å². The van der Waals surface area contributed by atoms with Gasteiger partial charge in [0.05, 0.1) is 5.56 Å². The molecule has 1 aromatic carbocycles. The van der Waals surface area contributed by atoms with Crippen molar-refractivity contribution in [1.29, 1.82) is 0 Å². The lowest BCUT2D eigenvalue weighted by atomic mass is 9.76. The van der Waals surface area contributed by atoms with E-state index in [2.05, 4.69) is 0 Å². The summed E-state index contributed by atoms with van der Waals surface area (Å²) in [6.07, 6.45) is -1.84. The number of alkyl halides is 3. The van der Waals surface area contributed by atoms with Crippen molar-refractivity contribution >= 4 is 5.78 Å². The van der Waals surface area contributed by atoms with Crippen LogP contribution in [0.2, 0.25) is 0 Å². The second kappa shape index (κ2) is 4.39. The molecule has 0 heterocycles. The van der Waals surface area contributed by atoms with Gasteiger partial charge in [-0.3, -0.25) is 4.79 Å². The van der Waals surface area contributed by atoms with Crippen LogP contribution in [0.3, 0.4) is 0 Å². The molecule has 2 nitrogen and oxygen atoms in total. The summed E-state index contributed by atoms with van der Waals surface area (Å²) in [7, 11) is 0. The Bertz CT molecular complexity index is 452. The van der Waals surface area contributed by atoms with Gasteiger partial charge in [-0.2, -0.15) is 13.2 Å². The summed E-state index contributed by atoms with van der Waals surface area (Å²) in [6.45, 7) is 0. The average Bonchev–Trinajstić information content (AvgIpc) is 2.32. The Kier molecular flexibility index (Phi) is 3.19. The molecule has 0 bridgehead atoms. The van der Waals surface area contributed by atoms with Crippen LogP contribution in [0.15, 0.2) is 24.3 Å². The number of nitrogens with two attached hydrogens (primary N) is 1. The average molecular weight is 257 g/mol. The molecule has 1 fully saturated rings. The van der Waals surface area contributed by atoms with Crippen LogP contribution in [0.5, 0.6) is 0 Å². The second-order valence-electron chi connectivity index (χ2n) is 4.68. The monoisotopic (exact) mass is 257 g/mol. The molecule has 1 aromatic rings. The van der Waals surface area contributed by atoms with Gasteiger partial charge in [0.1, 0.15) is 5.54 Å². The minimum atomic E-state index is -4.36. The standard InChI is InChI=1S/C13H14F3NO/c14-13(15,16)10-6-4-9(5-7-10)12(17)8-2-1-3-11(12)18/h4-7H,1-3,8,17H2. The Hall–Kier alpha value is -1.36. The van der Waals surface area contributed by atoms with E-state index < -0.39 is 17.3 Å². The predicted molar refractivity (Wildman–Crippen MR) is 60.8 cm³/mol. The number of halogens is 3. The summed E-state index contributed by atoms with van der Waals surface area (Å²) in [5.74, 6) is -0.0893. The van der Waals surface area contributed by atoms with Crippen molar-refractivity contribution in [2.24, 2.45) is 5.73 Å². The van der Waals surface area contributed by atoms with Gasteiger partial charge in [0.2, 0.25) is 0 Å². The van der Waals surface area contributed by atoms with Crippen molar-refractivity contribution in [3.63, 3.8) is 0 Å². The molecule has 1 unspecified atom stereocenters. The van der Waals surface area contributed by atoms with E-state index >= 15 is 0 Å². The quantitative estimate of drug-likeness (QED) is 0.840. The maximum Gasteiger partial charge on any atom is 0.416 e. The Morgan fingerprint density at radius 1 is 1.11 bits per heavy atom. The first-order chi connectivity index (χ1) is 8.34. The molecule has 2 rings (SSSR count). The van der Waals surface area contributed by atoms with E-state index in [1.54, 1.807) is 0 Å². The van der Waals surface area contributed by atoms with Gasteiger partial charge in [0, 0.05) is 6.42 Å². The number of carbonyl (C=O) groups excluding carboxylic acids is 1. The summed E-state index contributed by atoms with van der Waals surface area (Å²) in [6, 6.07) is 4.58. The maximum absolute atomic E-state index is 12.4. The smallest absolute Gasteiger partial charge is 0.315 e. The number of Topliss-reactive ketones (excluding diaryl/α,β-unsaturated/α-hetero) is 1. The molecule has 98 valence electrons. The predicted octanol–water partition coefficient (Wildman–Crippen LogP) is 3.00. The van der Waals surface area contributed by atoms with E-state index in [1.165, 1.54) is 12.1 Å². The van der Waals surface area contributed by atoms with Crippen LogP contribution in [-0.2, 0) is 16.5 Å². The van der Waals surface area contributed by atoms with Gasteiger partial charge in [-0.05, 0) is 30.5 Å². The fraction of sp³-hybridized carbons (Fsp3) is 0.462. The fourth-order valence-electron chi connectivity index (χ4n) is 2.31. The molecule has 5 heteroatoms. The first-order valence-corrected chi connectivity index (χ1v) is 5.84. The van der Waals surface area contributed by atoms with E-state index in [1.807, 2.05) is 0 Å². The lowest BCUT2D eigenvalue weighted by molar-refractivity contribution is -0.137. The first-order valence-electron chi connectivity index (χ1n) is 5.84. The maximum atomic E-state index is 12.4. The van der Waals surface area contributed by atoms with Crippen molar-refractivity contribution in [3.05, 3.63) is 35.4 Å². The van der Waals surface area contributed by atoms with Gasteiger partial charge >= 0.3 is 6.18 Å². The largest absolute Gasteiger partial charge is 0.416 e. The Labute approximate surface area is 103 Å². The number of hydrogen-bond donors (Lipinski definition) is 1. The number of carbonyl (C=O) groups is 1. The zero-order valence-electron chi connectivity index (χ0n) is 9.76. The molecule has 0 saturated heterocycles. The molecule has 0 radical (unpaired) electrons. The van der Waals surface area contributed by atoms with Crippen molar-refractivity contribution in [3.8, 4) is 0 Å². The highest BCUT2D eigenvalue weighted by molar-refractivity contribution is 5.90. The van der Waals surface area contributed by atoms with Gasteiger partial charge < -0.3 is 5.73 Å². The molecule has 1 atom stereocenters. The van der Waals surface area contributed by atoms with E-state index in [0.717, 1.165) is 25.0 Å². The highest BCUT2D eigenvalue weighted by atomic mass is 19.4. The third-order valence-electron chi connectivity index (χ3n) is 3.45. The Morgan fingerprint density at radius 3 is 2.22 bits per heavy atom. The molecule has 1 aliphatic rings. The van der Waals surface area contributed by atoms with E-state index in [9.17, 15) is 18.0 Å². The van der Waals surface area contributed by atoms with Crippen molar-refractivity contribution < 1.29 is 18.0 Å². The zero-order chi connectivity index (χ0) is 13.4. The first kappa shape index (κ1) is 13.1. The topological polar surface area (TPSA) is 43.1 Å². The normalized spacial score (nSPS) is 25.2. The summed E-state index contributed by atoms with van der Waals surface area (Å²) in [5.41, 5.74) is 4.69. The molecule has 0 spiro atoms. The Morgan fingerprint density at radius 2 is 1.72 bits per heavy atom. The van der Waals surface area contributed by atoms with Crippen LogP contribution in [-0.4, -0.2) is 5.78 Å². The third-order valence-corrected chi connectivity index (χ3v) is 3.45. The minimum Gasteiger partial charge on any atom is -0.315 e. The van der Waals surface area contributed by atoms with Crippen LogP contribution >= 0.6 is 0 Å². The summed E-state index contributed by atoms with van der Waals surface area (Å²) >= 11 is 0. The number of benzene rings is 1. The lowest BCUT2D eigenvalue weighted by Gasteiger charge is -2.32. The zero-order valence-corrected chi connectivity index (χ0v) is 9.76.